The van der Waals surface area contributed by atoms with Crippen LogP contribution in [0.4, 0.5) is 0 Å². The number of amides is 1. The molecule has 0 aliphatic carbocycles. The summed E-state index contributed by atoms with van der Waals surface area (Å²) < 4.78 is 5.08. The van der Waals surface area contributed by atoms with Gasteiger partial charge in [-0.1, -0.05) is 19.9 Å². The molecule has 1 unspecified atom stereocenters. The van der Waals surface area contributed by atoms with Gasteiger partial charge in [0.15, 0.2) is 0 Å². The monoisotopic (exact) mass is 265 g/mol. The fourth-order valence-electron chi connectivity index (χ4n) is 1.83. The molecule has 1 amide bonds. The molecule has 0 aliphatic heterocycles. The number of pyridine rings is 1. The minimum absolute atomic E-state index is 0.0107. The van der Waals surface area contributed by atoms with Crippen LogP contribution in [0.25, 0.3) is 0 Å². The molecule has 0 bridgehead atoms. The Hall–Kier alpha value is -1.62. The summed E-state index contributed by atoms with van der Waals surface area (Å²) >= 11 is 0. The molecule has 1 rings (SSSR count). The molecular weight excluding hydrogens is 242 g/mol. The van der Waals surface area contributed by atoms with E-state index in [4.69, 9.17) is 4.74 Å². The number of carbonyl (C=O) groups excluding carboxylic acids is 1. The van der Waals surface area contributed by atoms with Crippen molar-refractivity contribution in [3.63, 3.8) is 0 Å². The van der Waals surface area contributed by atoms with E-state index in [2.05, 4.69) is 29.5 Å². The average Bonchev–Trinajstić information content (AvgIpc) is 2.42. The normalized spacial score (nSPS) is 12.3. The summed E-state index contributed by atoms with van der Waals surface area (Å²) in [5.41, 5.74) is 0.858. The van der Waals surface area contributed by atoms with Crippen LogP contribution in [0.5, 0.6) is 5.88 Å². The van der Waals surface area contributed by atoms with Crippen molar-refractivity contribution in [3.05, 3.63) is 23.9 Å². The number of nitrogens with zero attached hydrogens (tertiary/aromatic N) is 1. The number of ether oxygens (including phenoxy) is 1. The van der Waals surface area contributed by atoms with E-state index in [1.165, 1.54) is 0 Å². The number of carbonyl (C=O) groups is 1. The van der Waals surface area contributed by atoms with E-state index in [9.17, 15) is 4.79 Å². The van der Waals surface area contributed by atoms with Gasteiger partial charge >= 0.3 is 0 Å². The maximum Gasteiger partial charge on any atom is 0.236 e. The van der Waals surface area contributed by atoms with Crippen molar-refractivity contribution in [1.29, 1.82) is 0 Å². The van der Waals surface area contributed by atoms with Crippen molar-refractivity contribution in [2.75, 3.05) is 14.2 Å². The van der Waals surface area contributed by atoms with Crippen molar-refractivity contribution in [1.82, 2.24) is 15.6 Å². The zero-order valence-electron chi connectivity index (χ0n) is 12.1. The number of likely N-dealkylation sites (N-methyl/N-ethyl adjacent to an activating group) is 1. The van der Waals surface area contributed by atoms with Gasteiger partial charge in [0.25, 0.3) is 0 Å². The molecule has 0 spiro atoms. The lowest BCUT2D eigenvalue weighted by Crippen LogP contribution is -2.43. The van der Waals surface area contributed by atoms with Crippen LogP contribution in [0.2, 0.25) is 0 Å². The predicted octanol–water partition coefficient (Wildman–Crippen LogP) is 1.34. The van der Waals surface area contributed by atoms with E-state index >= 15 is 0 Å². The van der Waals surface area contributed by atoms with E-state index in [-0.39, 0.29) is 11.9 Å². The summed E-state index contributed by atoms with van der Waals surface area (Å²) in [5, 5.41) is 5.92. The number of rotatable bonds is 7. The molecule has 0 aromatic carbocycles. The van der Waals surface area contributed by atoms with Crippen LogP contribution in [0.15, 0.2) is 18.2 Å². The Morgan fingerprint density at radius 3 is 2.74 bits per heavy atom. The number of nitrogens with one attached hydrogen (secondary N) is 2. The van der Waals surface area contributed by atoms with Gasteiger partial charge < -0.3 is 15.4 Å². The molecule has 1 aromatic rings. The first-order valence-electron chi connectivity index (χ1n) is 6.51. The van der Waals surface area contributed by atoms with E-state index < -0.39 is 0 Å². The molecule has 19 heavy (non-hydrogen) atoms. The predicted molar refractivity (Wildman–Crippen MR) is 74.9 cm³/mol. The fraction of sp³-hybridized carbons (Fsp3) is 0.571. The number of hydrogen-bond acceptors (Lipinski definition) is 4. The smallest absolute Gasteiger partial charge is 0.236 e. The maximum atomic E-state index is 11.8. The summed E-state index contributed by atoms with van der Waals surface area (Å²) in [6.45, 7) is 4.74. The SMILES string of the molecule is CNC(=O)C(CC(C)C)NCc1cccc(OC)n1. The van der Waals surface area contributed by atoms with Gasteiger partial charge in [-0.3, -0.25) is 4.79 Å². The zero-order valence-corrected chi connectivity index (χ0v) is 12.1. The molecule has 0 saturated carbocycles. The average molecular weight is 265 g/mol. The molecule has 0 fully saturated rings. The molecule has 0 radical (unpaired) electrons. The van der Waals surface area contributed by atoms with Crippen molar-refractivity contribution < 1.29 is 9.53 Å². The standard InChI is InChI=1S/C14H23N3O2/c1-10(2)8-12(14(18)15-3)16-9-11-6-5-7-13(17-11)19-4/h5-7,10,12,16H,8-9H2,1-4H3,(H,15,18). The lowest BCUT2D eigenvalue weighted by molar-refractivity contribution is -0.123. The lowest BCUT2D eigenvalue weighted by atomic mass is 10.0. The van der Waals surface area contributed by atoms with E-state index in [0.717, 1.165) is 12.1 Å². The molecular formula is C14H23N3O2. The van der Waals surface area contributed by atoms with Gasteiger partial charge in [-0.25, -0.2) is 4.98 Å². The van der Waals surface area contributed by atoms with Gasteiger partial charge in [-0.2, -0.15) is 0 Å². The molecule has 1 heterocycles. The Morgan fingerprint density at radius 1 is 1.42 bits per heavy atom. The van der Waals surface area contributed by atoms with Crippen molar-refractivity contribution >= 4 is 5.91 Å². The van der Waals surface area contributed by atoms with Gasteiger partial charge in [0.05, 0.1) is 18.8 Å². The van der Waals surface area contributed by atoms with Crippen LogP contribution in [-0.2, 0) is 11.3 Å². The molecule has 1 aromatic heterocycles. The second kappa shape index (κ2) is 7.74. The largest absolute Gasteiger partial charge is 0.481 e. The van der Waals surface area contributed by atoms with Crippen LogP contribution in [0.1, 0.15) is 26.0 Å². The number of methoxy groups -OCH3 is 1. The second-order valence-corrected chi connectivity index (χ2v) is 4.85. The number of hydrogen-bond donors (Lipinski definition) is 2. The molecule has 0 aliphatic rings. The van der Waals surface area contributed by atoms with E-state index in [0.29, 0.717) is 18.3 Å². The highest BCUT2D eigenvalue weighted by Crippen LogP contribution is 2.08. The summed E-state index contributed by atoms with van der Waals surface area (Å²) in [4.78, 5) is 16.1. The highest BCUT2D eigenvalue weighted by atomic mass is 16.5. The minimum Gasteiger partial charge on any atom is -0.481 e. The first-order valence-corrected chi connectivity index (χ1v) is 6.51. The third kappa shape index (κ3) is 5.26. The molecule has 2 N–H and O–H groups in total. The van der Waals surface area contributed by atoms with E-state index in [1.807, 2.05) is 12.1 Å². The third-order valence-corrected chi connectivity index (χ3v) is 2.79. The Bertz CT molecular complexity index is 407. The van der Waals surface area contributed by atoms with Crippen LogP contribution in [0.3, 0.4) is 0 Å². The summed E-state index contributed by atoms with van der Waals surface area (Å²) in [5.74, 6) is 1.05. The van der Waals surface area contributed by atoms with Crippen LogP contribution >= 0.6 is 0 Å². The highest BCUT2D eigenvalue weighted by molar-refractivity contribution is 5.81. The van der Waals surface area contributed by atoms with Crippen LogP contribution < -0.4 is 15.4 Å². The van der Waals surface area contributed by atoms with Crippen molar-refractivity contribution in [3.8, 4) is 5.88 Å². The lowest BCUT2D eigenvalue weighted by Gasteiger charge is -2.19. The van der Waals surface area contributed by atoms with Crippen LogP contribution in [-0.4, -0.2) is 31.1 Å². The van der Waals surface area contributed by atoms with Gasteiger partial charge in [-0.15, -0.1) is 0 Å². The Balaban J connectivity index is 2.61. The molecule has 5 heteroatoms. The second-order valence-electron chi connectivity index (χ2n) is 4.85. The van der Waals surface area contributed by atoms with Crippen LogP contribution in [0, 0.1) is 5.92 Å². The summed E-state index contributed by atoms with van der Waals surface area (Å²) in [6, 6.07) is 5.40. The van der Waals surface area contributed by atoms with Gasteiger partial charge in [-0.05, 0) is 18.4 Å². The molecule has 1 atom stereocenters. The van der Waals surface area contributed by atoms with Gasteiger partial charge in [0, 0.05) is 19.7 Å². The van der Waals surface area contributed by atoms with Crippen molar-refractivity contribution in [2.45, 2.75) is 32.9 Å². The first-order chi connectivity index (χ1) is 9.06. The first kappa shape index (κ1) is 15.4. The van der Waals surface area contributed by atoms with E-state index in [1.54, 1.807) is 20.2 Å². The van der Waals surface area contributed by atoms with Crippen molar-refractivity contribution in [2.24, 2.45) is 5.92 Å². The summed E-state index contributed by atoms with van der Waals surface area (Å²) in [7, 11) is 3.24. The Kier molecular flexibility index (Phi) is 6.29. The zero-order chi connectivity index (χ0) is 14.3. The minimum atomic E-state index is -0.196. The number of aromatic nitrogens is 1. The molecule has 106 valence electrons. The summed E-state index contributed by atoms with van der Waals surface area (Å²) in [6.07, 6.45) is 0.795. The maximum absolute atomic E-state index is 11.8. The van der Waals surface area contributed by atoms with Gasteiger partial charge in [0.2, 0.25) is 11.8 Å². The highest BCUT2D eigenvalue weighted by Gasteiger charge is 2.17. The topological polar surface area (TPSA) is 63.2 Å². The molecule has 0 saturated heterocycles. The third-order valence-electron chi connectivity index (χ3n) is 2.79. The Labute approximate surface area is 114 Å². The quantitative estimate of drug-likeness (QED) is 0.781. The molecule has 5 nitrogen and oxygen atoms in total. The fourth-order valence-corrected chi connectivity index (χ4v) is 1.83. The van der Waals surface area contributed by atoms with Gasteiger partial charge in [0.1, 0.15) is 0 Å². The Morgan fingerprint density at radius 2 is 2.16 bits per heavy atom.